The van der Waals surface area contributed by atoms with E-state index in [-0.39, 0.29) is 5.57 Å². The number of rotatable bonds is 6. The summed E-state index contributed by atoms with van der Waals surface area (Å²) in [4.78, 5) is 18.0. The maximum Gasteiger partial charge on any atom is 0.268 e. The molecule has 0 atom stereocenters. The Hall–Kier alpha value is -3.60. The summed E-state index contributed by atoms with van der Waals surface area (Å²) in [5.41, 5.74) is 1.67. The van der Waals surface area contributed by atoms with E-state index in [1.165, 1.54) is 29.2 Å². The third kappa shape index (κ3) is 4.87. The zero-order valence-electron chi connectivity index (χ0n) is 15.6. The van der Waals surface area contributed by atoms with Crippen LogP contribution >= 0.6 is 23.1 Å². The molecule has 2 aromatic carbocycles. The molecule has 0 aliphatic heterocycles. The molecule has 0 radical (unpaired) electrons. The van der Waals surface area contributed by atoms with Crippen LogP contribution in [0.15, 0.2) is 98.2 Å². The van der Waals surface area contributed by atoms with Gasteiger partial charge in [0.25, 0.3) is 5.91 Å². The summed E-state index contributed by atoms with van der Waals surface area (Å²) in [6.45, 7) is 0. The Morgan fingerprint density at radius 3 is 2.53 bits per heavy atom. The standard InChI is InChI=1S/C23H15N3O2S2/c24-14-17(13-18-11-12-21(28-18)30-19-9-5-2-6-10-19)22(27)26-23-25-20(15-29-23)16-7-3-1-4-8-16/h1-13,15H,(H,25,26,27)/b17-13-. The van der Waals surface area contributed by atoms with Crippen LogP contribution in [0.2, 0.25) is 0 Å². The number of nitriles is 1. The van der Waals surface area contributed by atoms with Crippen molar-refractivity contribution in [3.8, 4) is 17.3 Å². The Labute approximate surface area is 181 Å². The molecule has 146 valence electrons. The van der Waals surface area contributed by atoms with Gasteiger partial charge in [-0.05, 0) is 24.3 Å². The van der Waals surface area contributed by atoms with Gasteiger partial charge in [0, 0.05) is 21.9 Å². The van der Waals surface area contributed by atoms with Crippen molar-refractivity contribution in [3.05, 3.63) is 89.5 Å². The fourth-order valence-corrected chi connectivity index (χ4v) is 4.11. The number of benzene rings is 2. The lowest BCUT2D eigenvalue weighted by Crippen LogP contribution is -2.13. The van der Waals surface area contributed by atoms with E-state index >= 15 is 0 Å². The van der Waals surface area contributed by atoms with Crippen LogP contribution in [0, 0.1) is 11.3 Å². The first-order valence-corrected chi connectivity index (χ1v) is 10.7. The number of anilines is 1. The van der Waals surface area contributed by atoms with Crippen molar-refractivity contribution in [1.29, 1.82) is 5.26 Å². The number of carbonyl (C=O) groups is 1. The Balaban J connectivity index is 1.45. The van der Waals surface area contributed by atoms with Gasteiger partial charge in [-0.2, -0.15) is 5.26 Å². The summed E-state index contributed by atoms with van der Waals surface area (Å²) in [5.74, 6) is -0.0932. The van der Waals surface area contributed by atoms with Gasteiger partial charge < -0.3 is 4.42 Å². The first kappa shape index (κ1) is 19.7. The highest BCUT2D eigenvalue weighted by Gasteiger charge is 2.14. The van der Waals surface area contributed by atoms with Gasteiger partial charge in [-0.1, -0.05) is 60.3 Å². The van der Waals surface area contributed by atoms with E-state index < -0.39 is 5.91 Å². The minimum atomic E-state index is -0.528. The van der Waals surface area contributed by atoms with Gasteiger partial charge in [0.05, 0.1) is 5.69 Å². The quantitative estimate of drug-likeness (QED) is 0.296. The molecule has 2 aromatic heterocycles. The first-order valence-electron chi connectivity index (χ1n) is 8.98. The Morgan fingerprint density at radius 2 is 1.80 bits per heavy atom. The number of hydrogen-bond donors (Lipinski definition) is 1. The predicted molar refractivity (Wildman–Crippen MR) is 119 cm³/mol. The second kappa shape index (κ2) is 9.27. The molecular formula is C23H15N3O2S2. The normalized spacial score (nSPS) is 11.1. The van der Waals surface area contributed by atoms with Gasteiger partial charge in [0.15, 0.2) is 10.2 Å². The lowest BCUT2D eigenvalue weighted by Gasteiger charge is -2.00. The van der Waals surface area contributed by atoms with Crippen LogP contribution in [0.5, 0.6) is 0 Å². The SMILES string of the molecule is N#C/C(=C/c1ccc(Sc2ccccc2)o1)C(=O)Nc1nc(-c2ccccc2)cs1. The highest BCUT2D eigenvalue weighted by Crippen LogP contribution is 2.30. The zero-order chi connectivity index (χ0) is 20.8. The van der Waals surface area contributed by atoms with Crippen LogP contribution in [-0.2, 0) is 4.79 Å². The van der Waals surface area contributed by atoms with E-state index in [1.54, 1.807) is 6.07 Å². The maximum atomic E-state index is 12.5. The zero-order valence-corrected chi connectivity index (χ0v) is 17.2. The van der Waals surface area contributed by atoms with Crippen LogP contribution in [0.1, 0.15) is 5.76 Å². The molecule has 2 heterocycles. The van der Waals surface area contributed by atoms with Crippen molar-refractivity contribution in [2.75, 3.05) is 5.32 Å². The third-order valence-corrected chi connectivity index (χ3v) is 5.70. The molecule has 0 spiro atoms. The molecule has 0 aliphatic carbocycles. The van der Waals surface area contributed by atoms with E-state index in [1.807, 2.05) is 78.2 Å². The molecule has 5 nitrogen and oxygen atoms in total. The molecule has 0 bridgehead atoms. The topological polar surface area (TPSA) is 78.9 Å². The number of nitrogens with zero attached hydrogens (tertiary/aromatic N) is 2. The number of aromatic nitrogens is 1. The van der Waals surface area contributed by atoms with E-state index in [2.05, 4.69) is 10.3 Å². The molecule has 4 aromatic rings. The molecule has 0 aliphatic rings. The van der Waals surface area contributed by atoms with Crippen molar-refractivity contribution in [1.82, 2.24) is 4.98 Å². The third-order valence-electron chi connectivity index (χ3n) is 4.01. The lowest BCUT2D eigenvalue weighted by atomic mass is 10.2. The van der Waals surface area contributed by atoms with Crippen molar-refractivity contribution < 1.29 is 9.21 Å². The fraction of sp³-hybridized carbons (Fsp3) is 0. The summed E-state index contributed by atoms with van der Waals surface area (Å²) < 4.78 is 5.72. The highest BCUT2D eigenvalue weighted by atomic mass is 32.2. The molecule has 0 unspecified atom stereocenters. The average Bonchev–Trinajstić information content (AvgIpc) is 3.43. The van der Waals surface area contributed by atoms with Gasteiger partial charge in [0.1, 0.15) is 17.4 Å². The summed E-state index contributed by atoms with van der Waals surface area (Å²) in [6, 6.07) is 25.0. The van der Waals surface area contributed by atoms with Gasteiger partial charge in [0.2, 0.25) is 0 Å². The summed E-state index contributed by atoms with van der Waals surface area (Å²) in [6.07, 6.45) is 1.43. The van der Waals surface area contributed by atoms with E-state index in [0.29, 0.717) is 16.0 Å². The summed E-state index contributed by atoms with van der Waals surface area (Å²) in [7, 11) is 0. The number of thiazole rings is 1. The summed E-state index contributed by atoms with van der Waals surface area (Å²) >= 11 is 2.77. The number of hydrogen-bond acceptors (Lipinski definition) is 6. The molecule has 1 amide bonds. The molecule has 0 fully saturated rings. The largest absolute Gasteiger partial charge is 0.450 e. The van der Waals surface area contributed by atoms with Crippen LogP contribution < -0.4 is 5.32 Å². The highest BCUT2D eigenvalue weighted by molar-refractivity contribution is 7.99. The Kier molecular flexibility index (Phi) is 6.09. The minimum absolute atomic E-state index is 0.0583. The van der Waals surface area contributed by atoms with Crippen LogP contribution in [0.3, 0.4) is 0 Å². The second-order valence-electron chi connectivity index (χ2n) is 6.10. The molecule has 30 heavy (non-hydrogen) atoms. The molecule has 0 saturated carbocycles. The van der Waals surface area contributed by atoms with Crippen molar-refractivity contribution >= 4 is 40.2 Å². The van der Waals surface area contributed by atoms with Gasteiger partial charge in [-0.25, -0.2) is 4.98 Å². The maximum absolute atomic E-state index is 12.5. The number of nitrogens with one attached hydrogen (secondary N) is 1. The van der Waals surface area contributed by atoms with Crippen molar-refractivity contribution in [2.24, 2.45) is 0 Å². The van der Waals surface area contributed by atoms with Crippen molar-refractivity contribution in [2.45, 2.75) is 9.99 Å². The molecule has 1 N–H and O–H groups in total. The van der Waals surface area contributed by atoms with Crippen LogP contribution in [0.4, 0.5) is 5.13 Å². The van der Waals surface area contributed by atoms with Gasteiger partial charge in [-0.15, -0.1) is 11.3 Å². The molecule has 0 saturated heterocycles. The van der Waals surface area contributed by atoms with E-state index in [4.69, 9.17) is 4.42 Å². The second-order valence-corrected chi connectivity index (χ2v) is 8.04. The molecule has 4 rings (SSSR count). The van der Waals surface area contributed by atoms with E-state index in [9.17, 15) is 10.1 Å². The number of furan rings is 1. The Morgan fingerprint density at radius 1 is 1.07 bits per heavy atom. The van der Waals surface area contributed by atoms with Crippen molar-refractivity contribution in [3.63, 3.8) is 0 Å². The lowest BCUT2D eigenvalue weighted by molar-refractivity contribution is -0.112. The molecular weight excluding hydrogens is 414 g/mol. The minimum Gasteiger partial charge on any atom is -0.450 e. The Bertz CT molecular complexity index is 1220. The van der Waals surface area contributed by atoms with E-state index in [0.717, 1.165) is 16.2 Å². The van der Waals surface area contributed by atoms with Crippen LogP contribution in [-0.4, -0.2) is 10.9 Å². The summed E-state index contributed by atoms with van der Waals surface area (Å²) in [5, 5.41) is 15.1. The first-order chi connectivity index (χ1) is 14.7. The van der Waals surface area contributed by atoms with Gasteiger partial charge >= 0.3 is 0 Å². The number of carbonyl (C=O) groups excluding carboxylic acids is 1. The number of amides is 1. The fourth-order valence-electron chi connectivity index (χ4n) is 2.60. The van der Waals surface area contributed by atoms with Crippen LogP contribution in [0.25, 0.3) is 17.3 Å². The van der Waals surface area contributed by atoms with Gasteiger partial charge in [-0.3, -0.25) is 10.1 Å². The average molecular weight is 430 g/mol. The monoisotopic (exact) mass is 429 g/mol. The molecule has 7 heteroatoms. The smallest absolute Gasteiger partial charge is 0.268 e. The predicted octanol–water partition coefficient (Wildman–Crippen LogP) is 6.10.